The number of allylic oxidation sites excluding steroid dienone is 4. The van der Waals surface area contributed by atoms with E-state index in [0.29, 0.717) is 19.3 Å². The maximum absolute atomic E-state index is 12.8. The van der Waals surface area contributed by atoms with Gasteiger partial charge in [0, 0.05) is 19.3 Å². The molecule has 64 heavy (non-hydrogen) atoms. The van der Waals surface area contributed by atoms with Crippen molar-refractivity contribution in [2.45, 2.75) is 264 Å². The molecule has 0 aliphatic rings. The third kappa shape index (κ3) is 45.1. The van der Waals surface area contributed by atoms with E-state index < -0.39 is 57.8 Å². The molecule has 3 atom stereocenters. The van der Waals surface area contributed by atoms with Gasteiger partial charge in [-0.1, -0.05) is 206 Å². The Labute approximate surface area is 391 Å². The quantitative estimate of drug-likeness (QED) is 0.0197. The number of hydrogen-bond donors (Lipinski definition) is 2. The second-order valence-corrected chi connectivity index (χ2v) is 19.2. The lowest BCUT2D eigenvalue weighted by molar-refractivity contribution is -0.161. The van der Waals surface area contributed by atoms with Crippen molar-refractivity contribution in [2.75, 3.05) is 26.4 Å². The number of unbranched alkanes of at least 4 members (excludes halogenated alkanes) is 28. The highest BCUT2D eigenvalue weighted by Crippen LogP contribution is 2.43. The Morgan fingerprint density at radius 1 is 0.438 bits per heavy atom. The third-order valence-corrected chi connectivity index (χ3v) is 12.3. The van der Waals surface area contributed by atoms with Crippen molar-refractivity contribution >= 4 is 25.7 Å². The number of phosphoric ester groups is 1. The fraction of sp³-hybridized carbons (Fsp3) is 0.865. The summed E-state index contributed by atoms with van der Waals surface area (Å²) in [5.74, 6) is -1.46. The zero-order valence-corrected chi connectivity index (χ0v) is 42.2. The Balaban J connectivity index is 4.71. The van der Waals surface area contributed by atoms with Crippen molar-refractivity contribution in [3.05, 3.63) is 24.3 Å². The molecule has 0 aliphatic carbocycles. The first-order chi connectivity index (χ1) is 31.2. The van der Waals surface area contributed by atoms with Crippen LogP contribution < -0.4 is 0 Å². The summed E-state index contributed by atoms with van der Waals surface area (Å²) in [6.07, 6.45) is 44.4. The lowest BCUT2D eigenvalue weighted by Gasteiger charge is -2.21. The van der Waals surface area contributed by atoms with E-state index in [4.69, 9.17) is 23.3 Å². The van der Waals surface area contributed by atoms with Gasteiger partial charge in [-0.15, -0.1) is 0 Å². The molecule has 2 N–H and O–H groups in total. The number of aliphatic hydroxyl groups is 1. The zero-order valence-electron chi connectivity index (χ0n) is 41.3. The van der Waals surface area contributed by atoms with E-state index >= 15 is 0 Å². The van der Waals surface area contributed by atoms with Crippen molar-refractivity contribution in [1.29, 1.82) is 0 Å². The molecule has 0 radical (unpaired) electrons. The third-order valence-electron chi connectivity index (χ3n) is 11.4. The van der Waals surface area contributed by atoms with Crippen molar-refractivity contribution in [3.63, 3.8) is 0 Å². The molecule has 0 heterocycles. The predicted molar refractivity (Wildman–Crippen MR) is 261 cm³/mol. The van der Waals surface area contributed by atoms with Crippen LogP contribution in [0.25, 0.3) is 0 Å². The summed E-state index contributed by atoms with van der Waals surface area (Å²) in [4.78, 5) is 48.2. The van der Waals surface area contributed by atoms with Crippen LogP contribution in [0.1, 0.15) is 252 Å². The second kappa shape index (κ2) is 47.5. The minimum Gasteiger partial charge on any atom is -0.462 e. The zero-order chi connectivity index (χ0) is 47.0. The summed E-state index contributed by atoms with van der Waals surface area (Å²) >= 11 is 0. The molecule has 0 bridgehead atoms. The summed E-state index contributed by atoms with van der Waals surface area (Å²) in [6, 6.07) is 0. The van der Waals surface area contributed by atoms with Gasteiger partial charge in [0.25, 0.3) is 0 Å². The number of esters is 3. The monoisotopic (exact) mass is 929 g/mol. The predicted octanol–water partition coefficient (Wildman–Crippen LogP) is 14.7. The van der Waals surface area contributed by atoms with Crippen molar-refractivity contribution in [1.82, 2.24) is 0 Å². The first-order valence-electron chi connectivity index (χ1n) is 26.2. The van der Waals surface area contributed by atoms with E-state index in [1.54, 1.807) is 0 Å². The van der Waals surface area contributed by atoms with Crippen LogP contribution >= 0.6 is 7.82 Å². The van der Waals surface area contributed by atoms with Crippen molar-refractivity contribution in [3.8, 4) is 0 Å². The molecule has 0 fully saturated rings. The summed E-state index contributed by atoms with van der Waals surface area (Å²) in [6.45, 7) is 4.59. The Morgan fingerprint density at radius 2 is 0.766 bits per heavy atom. The van der Waals surface area contributed by atoms with E-state index in [1.807, 2.05) is 0 Å². The summed E-state index contributed by atoms with van der Waals surface area (Å²) in [5, 5.41) is 9.74. The van der Waals surface area contributed by atoms with Gasteiger partial charge < -0.3 is 24.2 Å². The molecule has 376 valence electrons. The van der Waals surface area contributed by atoms with Gasteiger partial charge in [-0.2, -0.15) is 0 Å². The fourth-order valence-corrected chi connectivity index (χ4v) is 8.11. The number of ether oxygens (including phenoxy) is 3. The first kappa shape index (κ1) is 62.0. The number of phosphoric acid groups is 1. The van der Waals surface area contributed by atoms with Crippen molar-refractivity contribution < 1.29 is 52.2 Å². The van der Waals surface area contributed by atoms with Gasteiger partial charge in [0.2, 0.25) is 0 Å². The Bertz CT molecular complexity index is 1180. The largest absolute Gasteiger partial charge is 0.472 e. The van der Waals surface area contributed by atoms with E-state index in [1.165, 1.54) is 116 Å². The van der Waals surface area contributed by atoms with Gasteiger partial charge in [-0.3, -0.25) is 23.4 Å². The van der Waals surface area contributed by atoms with Crippen LogP contribution in [-0.2, 0) is 42.2 Å². The molecular weight excluding hydrogens is 832 g/mol. The van der Waals surface area contributed by atoms with E-state index in [2.05, 4.69) is 45.1 Å². The molecule has 12 heteroatoms. The van der Waals surface area contributed by atoms with Crippen LogP contribution in [-0.4, -0.2) is 66.5 Å². The van der Waals surface area contributed by atoms with Gasteiger partial charge in [0.05, 0.1) is 19.8 Å². The SMILES string of the molecule is CCCCC/C=C\C/C=C\CCCCCCCCCC(=O)OC(COC(=O)CCCCCCCCCCCCC)COP(=O)(O)OCC(CO)OC(=O)CCCCCCCCCCC. The molecule has 0 saturated heterocycles. The maximum Gasteiger partial charge on any atom is 0.472 e. The van der Waals surface area contributed by atoms with Crippen LogP contribution in [0.3, 0.4) is 0 Å². The minimum atomic E-state index is -4.73. The molecule has 0 saturated carbocycles. The lowest BCUT2D eigenvalue weighted by Crippen LogP contribution is -2.30. The topological polar surface area (TPSA) is 155 Å². The van der Waals surface area contributed by atoms with Gasteiger partial charge in [-0.25, -0.2) is 4.57 Å². The molecule has 0 amide bonds. The molecule has 0 rings (SSSR count). The molecule has 0 aliphatic heterocycles. The summed E-state index contributed by atoms with van der Waals surface area (Å²) < 4.78 is 39.3. The number of rotatable bonds is 49. The average Bonchev–Trinajstić information content (AvgIpc) is 3.28. The molecule has 0 aromatic carbocycles. The fourth-order valence-electron chi connectivity index (χ4n) is 7.33. The Hall–Kier alpha value is -2.04. The molecular formula is C52H97O11P. The first-order valence-corrected chi connectivity index (χ1v) is 27.7. The lowest BCUT2D eigenvalue weighted by atomic mass is 10.1. The van der Waals surface area contributed by atoms with Crippen LogP contribution in [0.2, 0.25) is 0 Å². The normalized spacial score (nSPS) is 13.6. The van der Waals surface area contributed by atoms with Crippen molar-refractivity contribution in [2.24, 2.45) is 0 Å². The smallest absolute Gasteiger partial charge is 0.462 e. The molecule has 3 unspecified atom stereocenters. The number of carbonyl (C=O) groups excluding carboxylic acids is 3. The average molecular weight is 929 g/mol. The molecule has 0 spiro atoms. The Morgan fingerprint density at radius 3 is 1.19 bits per heavy atom. The van der Waals surface area contributed by atoms with Gasteiger partial charge >= 0.3 is 25.7 Å². The maximum atomic E-state index is 12.8. The summed E-state index contributed by atoms with van der Waals surface area (Å²) in [7, 11) is -4.73. The van der Waals surface area contributed by atoms with Gasteiger partial charge in [0.1, 0.15) is 12.7 Å². The van der Waals surface area contributed by atoms with E-state index in [-0.39, 0.29) is 25.9 Å². The number of hydrogen-bond acceptors (Lipinski definition) is 10. The number of carbonyl (C=O) groups is 3. The van der Waals surface area contributed by atoms with Crippen LogP contribution in [0.15, 0.2) is 24.3 Å². The van der Waals surface area contributed by atoms with Gasteiger partial charge in [0.15, 0.2) is 6.10 Å². The molecule has 0 aromatic rings. The molecule has 0 aromatic heterocycles. The van der Waals surface area contributed by atoms with Crippen LogP contribution in [0.5, 0.6) is 0 Å². The standard InChI is InChI=1S/C52H97O11P/c1-4-7-10-13-16-19-21-22-23-24-25-26-28-31-34-37-40-43-52(56)63-49(45-59-50(54)41-38-35-32-30-27-20-17-14-11-8-5-2)47-61-64(57,58)60-46-48(44-53)62-51(55)42-39-36-33-29-18-15-12-9-6-3/h16,19,22-23,48-49,53H,4-15,17-18,20-21,24-47H2,1-3H3,(H,57,58)/b19-16-,23-22-. The highest BCUT2D eigenvalue weighted by atomic mass is 31.2. The highest BCUT2D eigenvalue weighted by Gasteiger charge is 2.28. The van der Waals surface area contributed by atoms with Gasteiger partial charge in [-0.05, 0) is 51.4 Å². The van der Waals surface area contributed by atoms with E-state index in [9.17, 15) is 28.9 Å². The van der Waals surface area contributed by atoms with Crippen LogP contribution in [0.4, 0.5) is 0 Å². The number of aliphatic hydroxyl groups excluding tert-OH is 1. The minimum absolute atomic E-state index is 0.164. The highest BCUT2D eigenvalue weighted by molar-refractivity contribution is 7.47. The van der Waals surface area contributed by atoms with E-state index in [0.717, 1.165) is 77.0 Å². The second-order valence-electron chi connectivity index (χ2n) is 17.7. The Kier molecular flexibility index (Phi) is 45.9. The summed E-state index contributed by atoms with van der Waals surface area (Å²) in [5.41, 5.74) is 0. The van der Waals surface area contributed by atoms with Crippen LogP contribution in [0, 0.1) is 0 Å². The molecule has 11 nitrogen and oxygen atoms in total.